The Morgan fingerprint density at radius 1 is 1.33 bits per heavy atom. The van der Waals surface area contributed by atoms with E-state index in [1.165, 1.54) is 0 Å². The highest BCUT2D eigenvalue weighted by Gasteiger charge is 2.06. The van der Waals surface area contributed by atoms with E-state index in [-0.39, 0.29) is 18.2 Å². The lowest BCUT2D eigenvalue weighted by molar-refractivity contribution is -0.120. The molecule has 0 spiro atoms. The molecule has 1 aromatic rings. The van der Waals surface area contributed by atoms with Crippen LogP contribution in [0.15, 0.2) is 21.1 Å². The standard InChI is InChI=1S/C12H16Br2N2O2/c1-2-3-16-11(17)7-15-6-8-4-9(13)12(18)10(14)5-8/h4-5,15,18H,2-3,6-7H2,1H3,(H,16,17). The first kappa shape index (κ1) is 15.5. The minimum absolute atomic E-state index is 0.00578. The van der Waals surface area contributed by atoms with Gasteiger partial charge >= 0.3 is 0 Å². The van der Waals surface area contributed by atoms with E-state index < -0.39 is 0 Å². The van der Waals surface area contributed by atoms with Crippen LogP contribution in [0.3, 0.4) is 0 Å². The summed E-state index contributed by atoms with van der Waals surface area (Å²) in [4.78, 5) is 11.3. The monoisotopic (exact) mass is 378 g/mol. The number of benzene rings is 1. The first-order chi connectivity index (χ1) is 8.54. The molecule has 1 rings (SSSR count). The molecule has 1 amide bonds. The maximum absolute atomic E-state index is 11.3. The number of rotatable bonds is 6. The number of phenols is 1. The molecule has 1 aromatic carbocycles. The zero-order chi connectivity index (χ0) is 13.5. The van der Waals surface area contributed by atoms with Crippen LogP contribution in [-0.4, -0.2) is 24.1 Å². The molecule has 4 nitrogen and oxygen atoms in total. The number of nitrogens with one attached hydrogen (secondary N) is 2. The van der Waals surface area contributed by atoms with Crippen molar-refractivity contribution in [1.29, 1.82) is 0 Å². The molecule has 0 unspecified atom stereocenters. The Labute approximate surface area is 123 Å². The fourth-order valence-electron chi connectivity index (χ4n) is 1.37. The van der Waals surface area contributed by atoms with Crippen LogP contribution in [-0.2, 0) is 11.3 Å². The number of hydrogen-bond donors (Lipinski definition) is 3. The molecular weight excluding hydrogens is 364 g/mol. The van der Waals surface area contributed by atoms with E-state index in [1.807, 2.05) is 19.1 Å². The van der Waals surface area contributed by atoms with E-state index >= 15 is 0 Å². The van der Waals surface area contributed by atoms with Crippen LogP contribution in [0.5, 0.6) is 5.75 Å². The van der Waals surface area contributed by atoms with Gasteiger partial charge in [0.2, 0.25) is 5.91 Å². The van der Waals surface area contributed by atoms with Crippen molar-refractivity contribution < 1.29 is 9.90 Å². The van der Waals surface area contributed by atoms with Gasteiger partial charge in [-0.1, -0.05) is 6.92 Å². The SMILES string of the molecule is CCCNC(=O)CNCc1cc(Br)c(O)c(Br)c1. The summed E-state index contributed by atoms with van der Waals surface area (Å²) in [5.41, 5.74) is 0.981. The van der Waals surface area contributed by atoms with Gasteiger partial charge in [0, 0.05) is 13.1 Å². The lowest BCUT2D eigenvalue weighted by Crippen LogP contribution is -2.33. The number of hydrogen-bond acceptors (Lipinski definition) is 3. The van der Waals surface area contributed by atoms with Crippen LogP contribution < -0.4 is 10.6 Å². The second kappa shape index (κ2) is 7.76. The minimum atomic E-state index is -0.00578. The van der Waals surface area contributed by atoms with Gasteiger partial charge in [-0.25, -0.2) is 0 Å². The molecular formula is C12H16Br2N2O2. The summed E-state index contributed by atoms with van der Waals surface area (Å²) < 4.78 is 1.26. The van der Waals surface area contributed by atoms with Gasteiger partial charge in [0.25, 0.3) is 0 Å². The van der Waals surface area contributed by atoms with E-state index in [0.29, 0.717) is 22.0 Å². The van der Waals surface area contributed by atoms with Crippen molar-refractivity contribution in [2.45, 2.75) is 19.9 Å². The summed E-state index contributed by atoms with van der Waals surface area (Å²) in [5, 5.41) is 15.4. The highest BCUT2D eigenvalue weighted by Crippen LogP contribution is 2.33. The Morgan fingerprint density at radius 3 is 2.50 bits per heavy atom. The Balaban J connectivity index is 2.42. The van der Waals surface area contributed by atoms with Gasteiger partial charge in [-0.15, -0.1) is 0 Å². The van der Waals surface area contributed by atoms with E-state index in [0.717, 1.165) is 12.0 Å². The van der Waals surface area contributed by atoms with Gasteiger partial charge in [0.15, 0.2) is 0 Å². The van der Waals surface area contributed by atoms with Gasteiger partial charge in [-0.2, -0.15) is 0 Å². The predicted octanol–water partition coefficient (Wildman–Crippen LogP) is 2.53. The van der Waals surface area contributed by atoms with Crippen molar-refractivity contribution in [3.8, 4) is 5.75 Å². The van der Waals surface area contributed by atoms with Gasteiger partial charge in [-0.3, -0.25) is 4.79 Å². The van der Waals surface area contributed by atoms with Crippen molar-refractivity contribution in [2.75, 3.05) is 13.1 Å². The van der Waals surface area contributed by atoms with Crippen LogP contribution in [0.2, 0.25) is 0 Å². The van der Waals surface area contributed by atoms with Crippen LogP contribution in [0.25, 0.3) is 0 Å². The smallest absolute Gasteiger partial charge is 0.233 e. The van der Waals surface area contributed by atoms with Crippen molar-refractivity contribution in [2.24, 2.45) is 0 Å². The molecule has 0 fully saturated rings. The third kappa shape index (κ3) is 4.96. The molecule has 0 aliphatic heterocycles. The fraction of sp³-hybridized carbons (Fsp3) is 0.417. The number of amides is 1. The van der Waals surface area contributed by atoms with Crippen molar-refractivity contribution in [1.82, 2.24) is 10.6 Å². The Bertz CT molecular complexity index is 402. The van der Waals surface area contributed by atoms with Crippen molar-refractivity contribution in [3.05, 3.63) is 26.6 Å². The molecule has 3 N–H and O–H groups in total. The highest BCUT2D eigenvalue weighted by atomic mass is 79.9. The van der Waals surface area contributed by atoms with Crippen LogP contribution in [0.4, 0.5) is 0 Å². The maximum atomic E-state index is 11.3. The van der Waals surface area contributed by atoms with Crippen molar-refractivity contribution >= 4 is 37.8 Å². The minimum Gasteiger partial charge on any atom is -0.506 e. The van der Waals surface area contributed by atoms with Crippen LogP contribution >= 0.6 is 31.9 Å². The first-order valence-corrected chi connectivity index (χ1v) is 7.27. The van der Waals surface area contributed by atoms with Gasteiger partial charge in [0.05, 0.1) is 15.5 Å². The molecule has 0 radical (unpaired) electrons. The Kier molecular flexibility index (Phi) is 6.67. The summed E-state index contributed by atoms with van der Waals surface area (Å²) in [5.74, 6) is 0.174. The van der Waals surface area contributed by atoms with Crippen LogP contribution in [0.1, 0.15) is 18.9 Å². The average molecular weight is 380 g/mol. The number of phenolic OH excluding ortho intramolecular Hbond substituents is 1. The quantitative estimate of drug-likeness (QED) is 0.711. The maximum Gasteiger partial charge on any atom is 0.233 e. The van der Waals surface area contributed by atoms with Gasteiger partial charge in [-0.05, 0) is 56.0 Å². The van der Waals surface area contributed by atoms with E-state index in [4.69, 9.17) is 0 Å². The zero-order valence-electron chi connectivity index (χ0n) is 10.1. The normalized spacial score (nSPS) is 10.4. The number of carbonyl (C=O) groups excluding carboxylic acids is 1. The summed E-state index contributed by atoms with van der Waals surface area (Å²) in [7, 11) is 0. The number of halogens is 2. The lowest BCUT2D eigenvalue weighted by atomic mass is 10.2. The van der Waals surface area contributed by atoms with E-state index in [2.05, 4.69) is 42.5 Å². The fourth-order valence-corrected chi connectivity index (χ4v) is 2.65. The Morgan fingerprint density at radius 2 is 1.94 bits per heavy atom. The summed E-state index contributed by atoms with van der Waals surface area (Å²) >= 11 is 6.53. The molecule has 0 aliphatic rings. The topological polar surface area (TPSA) is 61.4 Å². The molecule has 0 aromatic heterocycles. The second-order valence-electron chi connectivity index (χ2n) is 3.86. The number of aromatic hydroxyl groups is 1. The number of carbonyl (C=O) groups is 1. The zero-order valence-corrected chi connectivity index (χ0v) is 13.3. The molecule has 18 heavy (non-hydrogen) atoms. The molecule has 0 bridgehead atoms. The molecule has 0 saturated carbocycles. The van der Waals surface area contributed by atoms with Crippen molar-refractivity contribution in [3.63, 3.8) is 0 Å². The Hall–Kier alpha value is -0.590. The first-order valence-electron chi connectivity index (χ1n) is 5.69. The summed E-state index contributed by atoms with van der Waals surface area (Å²) in [6.07, 6.45) is 0.934. The van der Waals surface area contributed by atoms with E-state index in [1.54, 1.807) is 0 Å². The molecule has 0 aliphatic carbocycles. The molecule has 100 valence electrons. The predicted molar refractivity (Wildman–Crippen MR) is 78.5 cm³/mol. The third-order valence-corrected chi connectivity index (χ3v) is 3.47. The average Bonchev–Trinajstić information content (AvgIpc) is 2.33. The highest BCUT2D eigenvalue weighted by molar-refractivity contribution is 9.11. The summed E-state index contributed by atoms with van der Waals surface area (Å²) in [6.45, 7) is 3.57. The lowest BCUT2D eigenvalue weighted by Gasteiger charge is -2.08. The molecule has 0 atom stereocenters. The second-order valence-corrected chi connectivity index (χ2v) is 5.57. The van der Waals surface area contributed by atoms with Crippen LogP contribution in [0, 0.1) is 0 Å². The largest absolute Gasteiger partial charge is 0.506 e. The van der Waals surface area contributed by atoms with Gasteiger partial charge in [0.1, 0.15) is 5.75 Å². The molecule has 0 heterocycles. The molecule has 6 heteroatoms. The van der Waals surface area contributed by atoms with Gasteiger partial charge < -0.3 is 15.7 Å². The van der Waals surface area contributed by atoms with E-state index in [9.17, 15) is 9.90 Å². The third-order valence-electron chi connectivity index (χ3n) is 2.26. The summed E-state index contributed by atoms with van der Waals surface area (Å²) in [6, 6.07) is 3.63. The molecule has 0 saturated heterocycles.